The van der Waals surface area contributed by atoms with Gasteiger partial charge in [0, 0.05) is 6.42 Å². The zero-order chi connectivity index (χ0) is 20.9. The van der Waals surface area contributed by atoms with Gasteiger partial charge in [-0.05, 0) is 40.3 Å². The van der Waals surface area contributed by atoms with E-state index in [4.69, 9.17) is 4.42 Å². The van der Waals surface area contributed by atoms with Crippen LogP contribution in [-0.4, -0.2) is 57.2 Å². The van der Waals surface area contributed by atoms with Gasteiger partial charge in [-0.25, -0.2) is 9.07 Å². The maximum absolute atomic E-state index is 13.2. The van der Waals surface area contributed by atoms with Gasteiger partial charge < -0.3 is 14.2 Å². The SMILES string of the molecule is CCC[C@@H](c1nnnn1Cc1ccc(F)cc1)[NH+]1CCN(C(=O)c2ccco2)CC1. The molecule has 1 aliphatic rings. The predicted molar refractivity (Wildman–Crippen MR) is 106 cm³/mol. The molecule has 1 amide bonds. The fourth-order valence-corrected chi connectivity index (χ4v) is 4.04. The number of rotatable bonds is 7. The zero-order valence-electron chi connectivity index (χ0n) is 17.0. The minimum Gasteiger partial charge on any atom is -0.459 e. The van der Waals surface area contributed by atoms with Crippen molar-refractivity contribution in [1.29, 1.82) is 0 Å². The van der Waals surface area contributed by atoms with E-state index in [1.165, 1.54) is 23.3 Å². The fraction of sp³-hybridized carbons (Fsp3) is 0.429. The molecule has 1 aliphatic heterocycles. The molecule has 3 heterocycles. The molecule has 9 heteroatoms. The monoisotopic (exact) mass is 413 g/mol. The average molecular weight is 413 g/mol. The van der Waals surface area contributed by atoms with Crippen LogP contribution in [-0.2, 0) is 6.54 Å². The summed E-state index contributed by atoms with van der Waals surface area (Å²) in [5.74, 6) is 0.895. The Labute approximate surface area is 174 Å². The first-order valence-electron chi connectivity index (χ1n) is 10.3. The van der Waals surface area contributed by atoms with E-state index < -0.39 is 0 Å². The lowest BCUT2D eigenvalue weighted by Gasteiger charge is -2.35. The van der Waals surface area contributed by atoms with E-state index >= 15 is 0 Å². The molecule has 1 N–H and O–H groups in total. The second kappa shape index (κ2) is 9.17. The van der Waals surface area contributed by atoms with Gasteiger partial charge in [0.15, 0.2) is 5.76 Å². The van der Waals surface area contributed by atoms with Crippen molar-refractivity contribution in [2.45, 2.75) is 32.4 Å². The molecule has 1 fully saturated rings. The van der Waals surface area contributed by atoms with Gasteiger partial charge >= 0.3 is 0 Å². The normalized spacial score (nSPS) is 16.0. The van der Waals surface area contributed by atoms with Crippen molar-refractivity contribution in [1.82, 2.24) is 25.1 Å². The first-order valence-corrected chi connectivity index (χ1v) is 10.3. The van der Waals surface area contributed by atoms with Gasteiger partial charge in [0.25, 0.3) is 5.91 Å². The fourth-order valence-electron chi connectivity index (χ4n) is 4.04. The molecule has 0 unspecified atom stereocenters. The number of furan rings is 1. The van der Waals surface area contributed by atoms with Gasteiger partial charge in [-0.1, -0.05) is 25.5 Å². The molecule has 4 rings (SSSR count). The molecule has 158 valence electrons. The van der Waals surface area contributed by atoms with E-state index in [9.17, 15) is 9.18 Å². The molecule has 0 aliphatic carbocycles. The summed E-state index contributed by atoms with van der Waals surface area (Å²) in [6.07, 6.45) is 3.48. The maximum atomic E-state index is 13.2. The van der Waals surface area contributed by atoms with Gasteiger partial charge in [-0.15, -0.1) is 5.10 Å². The smallest absolute Gasteiger partial charge is 0.289 e. The summed E-state index contributed by atoms with van der Waals surface area (Å²) in [6, 6.07) is 9.97. The lowest BCUT2D eigenvalue weighted by atomic mass is 10.1. The summed E-state index contributed by atoms with van der Waals surface area (Å²) in [5, 5.41) is 12.4. The van der Waals surface area contributed by atoms with Crippen LogP contribution in [0.3, 0.4) is 0 Å². The summed E-state index contributed by atoms with van der Waals surface area (Å²) in [7, 11) is 0. The summed E-state index contributed by atoms with van der Waals surface area (Å²) < 4.78 is 20.3. The Morgan fingerprint density at radius 1 is 1.23 bits per heavy atom. The molecule has 1 atom stereocenters. The zero-order valence-corrected chi connectivity index (χ0v) is 17.0. The van der Waals surface area contributed by atoms with Crippen LogP contribution in [0.1, 0.15) is 47.7 Å². The van der Waals surface area contributed by atoms with Crippen LogP contribution < -0.4 is 4.90 Å². The van der Waals surface area contributed by atoms with Crippen LogP contribution >= 0.6 is 0 Å². The third-order valence-electron chi connectivity index (χ3n) is 5.61. The quantitative estimate of drug-likeness (QED) is 0.632. The number of quaternary nitrogens is 1. The van der Waals surface area contributed by atoms with Crippen LogP contribution in [0, 0.1) is 5.82 Å². The number of aromatic nitrogens is 4. The van der Waals surface area contributed by atoms with Crippen molar-refractivity contribution in [2.75, 3.05) is 26.2 Å². The Balaban J connectivity index is 1.45. The van der Waals surface area contributed by atoms with Crippen LogP contribution in [0.2, 0.25) is 0 Å². The molecule has 0 bridgehead atoms. The van der Waals surface area contributed by atoms with Crippen molar-refractivity contribution in [3.05, 3.63) is 65.6 Å². The number of nitrogens with zero attached hydrogens (tertiary/aromatic N) is 5. The standard InChI is InChI=1S/C21H25FN6O2/c1-2-4-18(20-23-24-25-28(20)15-16-6-8-17(22)9-7-16)26-10-12-27(13-11-26)21(29)19-5-3-14-30-19/h3,5-9,14,18H,2,4,10-13,15H2,1H3/p+1/t18-/m0/s1. The first kappa shape index (κ1) is 20.2. The average Bonchev–Trinajstić information content (AvgIpc) is 3.46. The number of tetrazole rings is 1. The van der Waals surface area contributed by atoms with Gasteiger partial charge in [-0.2, -0.15) is 0 Å². The number of carbonyl (C=O) groups excluding carboxylic acids is 1. The summed E-state index contributed by atoms with van der Waals surface area (Å²) in [5.41, 5.74) is 0.948. The highest BCUT2D eigenvalue weighted by molar-refractivity contribution is 5.91. The molecule has 2 aromatic heterocycles. The van der Waals surface area contributed by atoms with Crippen LogP contribution in [0.15, 0.2) is 47.1 Å². The van der Waals surface area contributed by atoms with Gasteiger partial charge in [0.2, 0.25) is 5.82 Å². The minimum absolute atomic E-state index is 0.0627. The topological polar surface area (TPSA) is 81.5 Å². The van der Waals surface area contributed by atoms with E-state index in [0.29, 0.717) is 25.4 Å². The lowest BCUT2D eigenvalue weighted by Crippen LogP contribution is -3.15. The lowest BCUT2D eigenvalue weighted by molar-refractivity contribution is -0.936. The second-order valence-electron chi connectivity index (χ2n) is 7.59. The molecule has 30 heavy (non-hydrogen) atoms. The van der Waals surface area contributed by atoms with Gasteiger partial charge in [-0.3, -0.25) is 4.79 Å². The molecule has 1 aromatic carbocycles. The van der Waals surface area contributed by atoms with Crippen LogP contribution in [0.4, 0.5) is 4.39 Å². The number of halogens is 1. The van der Waals surface area contributed by atoms with Crippen LogP contribution in [0.5, 0.6) is 0 Å². The van der Waals surface area contributed by atoms with E-state index in [2.05, 4.69) is 22.4 Å². The number of carbonyl (C=O) groups is 1. The third-order valence-corrected chi connectivity index (χ3v) is 5.61. The highest BCUT2D eigenvalue weighted by atomic mass is 19.1. The molecule has 1 saturated heterocycles. The molecule has 0 saturated carbocycles. The second-order valence-corrected chi connectivity index (χ2v) is 7.59. The molecular formula is C21H26FN6O2+. The Kier molecular flexibility index (Phi) is 6.18. The van der Waals surface area contributed by atoms with Crippen molar-refractivity contribution >= 4 is 5.91 Å². The van der Waals surface area contributed by atoms with Gasteiger partial charge in [0.1, 0.15) is 11.9 Å². The van der Waals surface area contributed by atoms with Crippen molar-refractivity contribution in [3.63, 3.8) is 0 Å². The van der Waals surface area contributed by atoms with E-state index in [-0.39, 0.29) is 17.8 Å². The third kappa shape index (κ3) is 4.40. The molecule has 3 aromatic rings. The Bertz CT molecular complexity index is 948. The number of amides is 1. The number of hydrogen-bond donors (Lipinski definition) is 1. The predicted octanol–water partition coefficient (Wildman–Crippen LogP) is 1.34. The highest BCUT2D eigenvalue weighted by Gasteiger charge is 2.34. The molecule has 0 radical (unpaired) electrons. The number of piperazine rings is 1. The van der Waals surface area contributed by atoms with Gasteiger partial charge in [0.05, 0.1) is 39.0 Å². The first-order chi connectivity index (χ1) is 14.7. The number of nitrogens with one attached hydrogen (secondary N) is 1. The summed E-state index contributed by atoms with van der Waals surface area (Å²) in [4.78, 5) is 15.7. The highest BCUT2D eigenvalue weighted by Crippen LogP contribution is 2.15. The summed E-state index contributed by atoms with van der Waals surface area (Å²) in [6.45, 7) is 5.61. The molecular weight excluding hydrogens is 387 g/mol. The molecule has 0 spiro atoms. The Hall–Kier alpha value is -3.07. The van der Waals surface area contributed by atoms with E-state index in [0.717, 1.165) is 37.3 Å². The number of benzene rings is 1. The van der Waals surface area contributed by atoms with Crippen molar-refractivity contribution < 1.29 is 18.5 Å². The van der Waals surface area contributed by atoms with Crippen molar-refractivity contribution in [2.24, 2.45) is 0 Å². The number of hydrogen-bond acceptors (Lipinski definition) is 5. The Morgan fingerprint density at radius 2 is 2.00 bits per heavy atom. The van der Waals surface area contributed by atoms with Crippen LogP contribution in [0.25, 0.3) is 0 Å². The van der Waals surface area contributed by atoms with E-state index in [1.807, 2.05) is 4.90 Å². The van der Waals surface area contributed by atoms with Crippen molar-refractivity contribution in [3.8, 4) is 0 Å². The molecule has 8 nitrogen and oxygen atoms in total. The maximum Gasteiger partial charge on any atom is 0.289 e. The minimum atomic E-state index is -0.258. The summed E-state index contributed by atoms with van der Waals surface area (Å²) >= 11 is 0. The van der Waals surface area contributed by atoms with E-state index in [1.54, 1.807) is 28.9 Å². The Morgan fingerprint density at radius 3 is 2.67 bits per heavy atom. The largest absolute Gasteiger partial charge is 0.459 e.